The van der Waals surface area contributed by atoms with Crippen molar-refractivity contribution in [2.45, 2.75) is 38.8 Å². The lowest BCUT2D eigenvalue weighted by Crippen LogP contribution is -2.36. The zero-order valence-electron chi connectivity index (χ0n) is 14.5. The summed E-state index contributed by atoms with van der Waals surface area (Å²) in [5.74, 6) is -0.979. The average molecular weight is 355 g/mol. The molecule has 1 heterocycles. The van der Waals surface area contributed by atoms with E-state index in [1.165, 1.54) is 6.07 Å². The molecule has 136 valence electrons. The number of phenolic OH excluding ortho intramolecular Hbond substituents is 1. The van der Waals surface area contributed by atoms with E-state index < -0.39 is 17.6 Å². The first-order valence-corrected chi connectivity index (χ1v) is 8.65. The van der Waals surface area contributed by atoms with Gasteiger partial charge in [0.15, 0.2) is 0 Å². The Kier molecular flexibility index (Phi) is 5.23. The van der Waals surface area contributed by atoms with Crippen LogP contribution < -0.4 is 10.9 Å². The molecule has 1 aromatic heterocycles. The fraction of sp³-hybridized carbons (Fsp3) is 0.300. The molecular formula is C20H21NO5. The van der Waals surface area contributed by atoms with Crippen LogP contribution >= 0.6 is 0 Å². The van der Waals surface area contributed by atoms with Gasteiger partial charge in [-0.2, -0.15) is 0 Å². The molecule has 0 spiro atoms. The number of benzene rings is 2. The van der Waals surface area contributed by atoms with E-state index >= 15 is 0 Å². The molecular weight excluding hydrogens is 334 g/mol. The van der Waals surface area contributed by atoms with Gasteiger partial charge in [-0.15, -0.1) is 0 Å². The number of carboxylic acid groups (broad SMARTS) is 1. The minimum atomic E-state index is -0.940. The molecule has 0 fully saturated rings. The van der Waals surface area contributed by atoms with Crippen LogP contribution in [0.3, 0.4) is 0 Å². The van der Waals surface area contributed by atoms with E-state index in [9.17, 15) is 19.8 Å². The predicted octanol–water partition coefficient (Wildman–Crippen LogP) is 3.38. The van der Waals surface area contributed by atoms with Crippen molar-refractivity contribution in [3.8, 4) is 5.75 Å². The van der Waals surface area contributed by atoms with Crippen molar-refractivity contribution < 1.29 is 19.4 Å². The average Bonchev–Trinajstić information content (AvgIpc) is 2.63. The van der Waals surface area contributed by atoms with Crippen molar-refractivity contribution in [1.29, 1.82) is 0 Å². The Labute approximate surface area is 150 Å². The van der Waals surface area contributed by atoms with Gasteiger partial charge in [0.05, 0.1) is 10.9 Å². The normalized spacial score (nSPS) is 12.5. The molecule has 1 atom stereocenters. The first-order valence-electron chi connectivity index (χ1n) is 8.65. The zero-order valence-corrected chi connectivity index (χ0v) is 14.5. The number of fused-ring (bicyclic) bond motifs is 3. The van der Waals surface area contributed by atoms with E-state index in [-0.39, 0.29) is 17.9 Å². The smallest absolute Gasteiger partial charge is 0.344 e. The van der Waals surface area contributed by atoms with Gasteiger partial charge in [0.2, 0.25) is 0 Å². The molecule has 3 N–H and O–H groups in total. The van der Waals surface area contributed by atoms with Crippen molar-refractivity contribution in [2.75, 3.05) is 0 Å². The predicted molar refractivity (Wildman–Crippen MR) is 99.4 cm³/mol. The molecule has 0 radical (unpaired) electrons. The third-order valence-corrected chi connectivity index (χ3v) is 4.54. The summed E-state index contributed by atoms with van der Waals surface area (Å²) in [6.45, 7) is 2.08. The summed E-state index contributed by atoms with van der Waals surface area (Å²) < 4.78 is 5.46. The topological polar surface area (TPSA) is 99.8 Å². The van der Waals surface area contributed by atoms with Crippen LogP contribution in [0.4, 0.5) is 0 Å². The fourth-order valence-electron chi connectivity index (χ4n) is 3.11. The number of rotatable bonds is 7. The molecule has 26 heavy (non-hydrogen) atoms. The highest BCUT2D eigenvalue weighted by Gasteiger charge is 2.19. The molecule has 0 aliphatic heterocycles. The molecule has 2 aromatic carbocycles. The highest BCUT2D eigenvalue weighted by molar-refractivity contribution is 6.05. The summed E-state index contributed by atoms with van der Waals surface area (Å²) in [6.07, 6.45) is 2.17. The maximum Gasteiger partial charge on any atom is 0.344 e. The molecule has 0 aliphatic rings. The lowest BCUT2D eigenvalue weighted by molar-refractivity contribution is -0.139. The fourth-order valence-corrected chi connectivity index (χ4v) is 3.11. The Hall–Kier alpha value is -2.86. The van der Waals surface area contributed by atoms with Gasteiger partial charge in [0, 0.05) is 11.9 Å². The van der Waals surface area contributed by atoms with Crippen LogP contribution in [0.25, 0.3) is 21.7 Å². The lowest BCUT2D eigenvalue weighted by atomic mass is 10.0. The van der Waals surface area contributed by atoms with Crippen LogP contribution in [0, 0.1) is 0 Å². The standard InChI is InChI=1S/C20H21NO5/c1-2-3-8-16(19(23)24)21-11-15-17(22)10-9-13-12-6-4-5-7-14(12)20(25)26-18(13)15/h4-7,9-10,16,21-22H,2-3,8,11H2,1H3,(H,23,24)/t16-/m1/s1. The largest absolute Gasteiger partial charge is 0.507 e. The molecule has 0 saturated heterocycles. The number of aliphatic carboxylic acids is 1. The van der Waals surface area contributed by atoms with Crippen LogP contribution in [-0.2, 0) is 11.3 Å². The number of unbranched alkanes of at least 4 members (excludes halogenated alkanes) is 1. The van der Waals surface area contributed by atoms with Gasteiger partial charge in [-0.1, -0.05) is 38.0 Å². The number of hydrogen-bond acceptors (Lipinski definition) is 5. The van der Waals surface area contributed by atoms with Crippen LogP contribution in [-0.4, -0.2) is 22.2 Å². The van der Waals surface area contributed by atoms with Gasteiger partial charge in [-0.25, -0.2) is 4.79 Å². The first-order chi connectivity index (χ1) is 12.5. The van der Waals surface area contributed by atoms with Crippen molar-refractivity contribution in [2.24, 2.45) is 0 Å². The van der Waals surface area contributed by atoms with Crippen LogP contribution in [0.2, 0.25) is 0 Å². The number of carbonyl (C=O) groups is 1. The van der Waals surface area contributed by atoms with Crippen molar-refractivity contribution in [3.63, 3.8) is 0 Å². The van der Waals surface area contributed by atoms with Crippen molar-refractivity contribution in [3.05, 3.63) is 52.4 Å². The SMILES string of the molecule is CCCC[C@@H](NCc1c(O)ccc2c1oc(=O)c1ccccc12)C(=O)O. The molecule has 0 amide bonds. The van der Waals surface area contributed by atoms with E-state index in [4.69, 9.17) is 4.42 Å². The van der Waals surface area contributed by atoms with Gasteiger partial charge in [-0.05, 0) is 30.0 Å². The Morgan fingerprint density at radius 3 is 2.58 bits per heavy atom. The van der Waals surface area contributed by atoms with Gasteiger partial charge in [0.25, 0.3) is 0 Å². The Bertz CT molecular complexity index is 1010. The molecule has 6 heteroatoms. The highest BCUT2D eigenvalue weighted by Crippen LogP contribution is 2.30. The second-order valence-electron chi connectivity index (χ2n) is 6.29. The van der Waals surface area contributed by atoms with E-state index in [2.05, 4.69) is 5.32 Å². The molecule has 3 aromatic rings. The second kappa shape index (κ2) is 7.58. The number of carboxylic acids is 1. The number of phenols is 1. The molecule has 0 saturated carbocycles. The third-order valence-electron chi connectivity index (χ3n) is 4.54. The van der Waals surface area contributed by atoms with Gasteiger partial charge in [-0.3, -0.25) is 4.79 Å². The van der Waals surface area contributed by atoms with E-state index in [1.807, 2.05) is 19.1 Å². The molecule has 0 unspecified atom stereocenters. The molecule has 0 bridgehead atoms. The maximum atomic E-state index is 12.3. The second-order valence-corrected chi connectivity index (χ2v) is 6.29. The minimum Gasteiger partial charge on any atom is -0.507 e. The quantitative estimate of drug-likeness (QED) is 0.444. The minimum absolute atomic E-state index is 0.0388. The summed E-state index contributed by atoms with van der Waals surface area (Å²) in [5, 5.41) is 24.5. The van der Waals surface area contributed by atoms with E-state index in [0.717, 1.165) is 18.2 Å². The number of nitrogens with one attached hydrogen (secondary N) is 1. The van der Waals surface area contributed by atoms with E-state index in [0.29, 0.717) is 22.8 Å². The van der Waals surface area contributed by atoms with Crippen molar-refractivity contribution >= 4 is 27.7 Å². The van der Waals surface area contributed by atoms with Crippen LogP contribution in [0.5, 0.6) is 5.75 Å². The molecule has 3 rings (SSSR count). The van der Waals surface area contributed by atoms with Gasteiger partial charge in [0.1, 0.15) is 17.4 Å². The number of aromatic hydroxyl groups is 1. The lowest BCUT2D eigenvalue weighted by Gasteiger charge is -2.15. The summed E-state index contributed by atoms with van der Waals surface area (Å²) >= 11 is 0. The highest BCUT2D eigenvalue weighted by atomic mass is 16.4. The Morgan fingerprint density at radius 2 is 1.88 bits per heavy atom. The number of hydrogen-bond donors (Lipinski definition) is 3. The molecule has 6 nitrogen and oxygen atoms in total. The summed E-state index contributed by atoms with van der Waals surface area (Å²) in [5.41, 5.74) is 0.176. The monoisotopic (exact) mass is 355 g/mol. The van der Waals surface area contributed by atoms with Gasteiger partial charge < -0.3 is 19.9 Å². The third kappa shape index (κ3) is 3.41. The maximum absolute atomic E-state index is 12.3. The van der Waals surface area contributed by atoms with E-state index in [1.54, 1.807) is 18.2 Å². The van der Waals surface area contributed by atoms with Gasteiger partial charge >= 0.3 is 11.6 Å². The summed E-state index contributed by atoms with van der Waals surface area (Å²) in [6, 6.07) is 9.62. The Morgan fingerprint density at radius 1 is 1.15 bits per heavy atom. The Balaban J connectivity index is 2.04. The van der Waals surface area contributed by atoms with Crippen molar-refractivity contribution in [1.82, 2.24) is 5.32 Å². The summed E-state index contributed by atoms with van der Waals surface area (Å²) in [4.78, 5) is 23.7. The summed E-state index contributed by atoms with van der Waals surface area (Å²) in [7, 11) is 0. The first kappa shape index (κ1) is 17.9. The van der Waals surface area contributed by atoms with Crippen LogP contribution in [0.15, 0.2) is 45.6 Å². The zero-order chi connectivity index (χ0) is 18.7. The van der Waals surface area contributed by atoms with Crippen LogP contribution in [0.1, 0.15) is 31.7 Å². The molecule has 0 aliphatic carbocycles.